The summed E-state index contributed by atoms with van der Waals surface area (Å²) in [7, 11) is -2.87. The normalized spacial score (nSPS) is 11.6. The van der Waals surface area contributed by atoms with E-state index in [1.54, 1.807) is 0 Å². The van der Waals surface area contributed by atoms with Gasteiger partial charge in [0.2, 0.25) is 5.82 Å². The maximum absolute atomic E-state index is 15.4. The van der Waals surface area contributed by atoms with Crippen LogP contribution < -0.4 is 14.0 Å². The number of rotatable bonds is 6. The van der Waals surface area contributed by atoms with Crippen molar-refractivity contribution in [3.8, 4) is 17.2 Å². The van der Waals surface area contributed by atoms with Gasteiger partial charge in [-0.3, -0.25) is 0 Å². The number of hydrogen-bond donors (Lipinski definition) is 0. The van der Waals surface area contributed by atoms with Crippen molar-refractivity contribution >= 4 is 39.6 Å². The Bertz CT molecular complexity index is 2100. The summed E-state index contributed by atoms with van der Waals surface area (Å²) in [6.07, 6.45) is 0. The van der Waals surface area contributed by atoms with Gasteiger partial charge in [0.1, 0.15) is 17.4 Å². The second-order valence-corrected chi connectivity index (χ2v) is 8.98. The Labute approximate surface area is 232 Å². The molecule has 0 saturated carbocycles. The van der Waals surface area contributed by atoms with Crippen molar-refractivity contribution in [2.45, 2.75) is 0 Å². The molecule has 0 aliphatic heterocycles. The van der Waals surface area contributed by atoms with Crippen LogP contribution in [0.4, 0.5) is 48.3 Å². The molecule has 0 aliphatic carbocycles. The van der Waals surface area contributed by atoms with Crippen molar-refractivity contribution in [2.75, 3.05) is 0 Å². The fourth-order valence-electron chi connectivity index (χ4n) is 4.64. The zero-order chi connectivity index (χ0) is 30.9. The molecule has 0 bridgehead atoms. The fourth-order valence-corrected chi connectivity index (χ4v) is 4.64. The molecule has 15 heteroatoms. The van der Waals surface area contributed by atoms with Crippen LogP contribution in [-0.2, 0) is 0 Å². The average molecular weight is 612 g/mol. The molecule has 6 rings (SSSR count). The second kappa shape index (κ2) is 10.1. The van der Waals surface area contributed by atoms with E-state index in [1.807, 2.05) is 0 Å². The van der Waals surface area contributed by atoms with Crippen molar-refractivity contribution in [3.05, 3.63) is 113 Å². The Morgan fingerprint density at radius 2 is 1.02 bits per heavy atom. The first kappa shape index (κ1) is 28.2. The van der Waals surface area contributed by atoms with Gasteiger partial charge >= 0.3 is 7.32 Å². The maximum atomic E-state index is 15.4. The van der Waals surface area contributed by atoms with Crippen LogP contribution in [0.2, 0.25) is 0 Å². The molecule has 0 unspecified atom stereocenters. The van der Waals surface area contributed by atoms with Gasteiger partial charge in [-0.1, -0.05) is 12.1 Å². The molecule has 3 nitrogen and oxygen atoms in total. The third kappa shape index (κ3) is 4.37. The highest BCUT2D eigenvalue weighted by molar-refractivity contribution is 6.40. The zero-order valence-electron chi connectivity index (χ0n) is 20.6. The van der Waals surface area contributed by atoms with Crippen LogP contribution in [0.3, 0.4) is 0 Å². The molecule has 0 saturated heterocycles. The van der Waals surface area contributed by atoms with Crippen molar-refractivity contribution < 1.29 is 62.3 Å². The zero-order valence-corrected chi connectivity index (χ0v) is 20.6. The highest BCUT2D eigenvalue weighted by atomic mass is 19.2. The molecule has 0 fully saturated rings. The highest BCUT2D eigenvalue weighted by Crippen LogP contribution is 2.45. The van der Waals surface area contributed by atoms with E-state index in [2.05, 4.69) is 0 Å². The van der Waals surface area contributed by atoms with Crippen molar-refractivity contribution in [1.82, 2.24) is 0 Å². The van der Waals surface area contributed by atoms with Gasteiger partial charge in [-0.25, -0.2) is 35.1 Å². The molecule has 0 amide bonds. The topological polar surface area (TPSA) is 27.7 Å². The van der Waals surface area contributed by atoms with Crippen molar-refractivity contribution in [3.63, 3.8) is 0 Å². The molecule has 0 N–H and O–H groups in total. The lowest BCUT2D eigenvalue weighted by Crippen LogP contribution is -2.38. The second-order valence-electron chi connectivity index (χ2n) is 8.98. The van der Waals surface area contributed by atoms with Gasteiger partial charge in [0.05, 0.1) is 10.8 Å². The monoisotopic (exact) mass is 612 g/mol. The molecule has 43 heavy (non-hydrogen) atoms. The van der Waals surface area contributed by atoms with Crippen LogP contribution in [0.5, 0.6) is 17.2 Å². The molecular weight excluding hydrogens is 604 g/mol. The van der Waals surface area contributed by atoms with E-state index in [9.17, 15) is 35.1 Å². The number of benzene rings is 6. The third-order valence-electron chi connectivity index (χ3n) is 6.49. The standard InChI is InChI=1S/C28H8BF11O3/c30-10-7-15(34)21(35)16(8-10)41-29(43-28-14(33)6-5-13(32)22(28)36)42-27-11-3-1-9-2-4-12(31)19-17(9)18(11)20(24(38)23(19)37)25(39)26(27)40/h1-8H. The molecule has 6 aromatic carbocycles. The van der Waals surface area contributed by atoms with E-state index in [0.29, 0.717) is 12.1 Å². The van der Waals surface area contributed by atoms with E-state index < -0.39 is 115 Å². The lowest BCUT2D eigenvalue weighted by Gasteiger charge is -2.21. The first-order valence-corrected chi connectivity index (χ1v) is 11.8. The molecule has 0 aliphatic rings. The molecular formula is C28H8BF11O3. The van der Waals surface area contributed by atoms with Crippen molar-refractivity contribution in [2.24, 2.45) is 0 Å². The van der Waals surface area contributed by atoms with Crippen LogP contribution in [0.1, 0.15) is 0 Å². The Balaban J connectivity index is 1.59. The van der Waals surface area contributed by atoms with Gasteiger partial charge in [0.15, 0.2) is 58.0 Å². The number of hydrogen-bond acceptors (Lipinski definition) is 3. The minimum Gasteiger partial charge on any atom is -0.487 e. The Morgan fingerprint density at radius 1 is 0.419 bits per heavy atom. The first-order chi connectivity index (χ1) is 20.4. The minimum atomic E-state index is -2.87. The van der Waals surface area contributed by atoms with E-state index in [1.165, 1.54) is 0 Å². The Hall–Kier alpha value is -4.95. The largest absolute Gasteiger partial charge is 0.864 e. The van der Waals surface area contributed by atoms with Crippen LogP contribution in [0, 0.1) is 64.0 Å². The van der Waals surface area contributed by atoms with Gasteiger partial charge in [-0.2, -0.15) is 13.2 Å². The van der Waals surface area contributed by atoms with Gasteiger partial charge in [-0.05, 0) is 29.7 Å². The molecule has 0 spiro atoms. The summed E-state index contributed by atoms with van der Waals surface area (Å²) >= 11 is 0. The summed E-state index contributed by atoms with van der Waals surface area (Å²) in [4.78, 5) is 0. The van der Waals surface area contributed by atoms with Gasteiger partial charge in [0.25, 0.3) is 0 Å². The predicted octanol–water partition coefficient (Wildman–Crippen LogP) is 8.64. The highest BCUT2D eigenvalue weighted by Gasteiger charge is 2.38. The fraction of sp³-hybridized carbons (Fsp3) is 0. The number of halogens is 11. The summed E-state index contributed by atoms with van der Waals surface area (Å²) < 4.78 is 175. The van der Waals surface area contributed by atoms with Crippen LogP contribution >= 0.6 is 0 Å². The van der Waals surface area contributed by atoms with E-state index in [0.717, 1.165) is 24.3 Å². The maximum Gasteiger partial charge on any atom is 0.864 e. The van der Waals surface area contributed by atoms with Gasteiger partial charge in [-0.15, -0.1) is 0 Å². The quantitative estimate of drug-likeness (QED) is 0.0816. The lowest BCUT2D eigenvalue weighted by atomic mass is 9.92. The molecule has 6 aromatic rings. The summed E-state index contributed by atoms with van der Waals surface area (Å²) in [6, 6.07) is 5.09. The SMILES string of the molecule is Fc1cc(F)c(F)c(OB(Oc2c(F)ccc(F)c2F)Oc2c(F)c(F)c3c(F)c(F)c4c(F)ccc5ccc2c3c54)c1. The molecule has 0 heterocycles. The Morgan fingerprint density at radius 3 is 1.77 bits per heavy atom. The van der Waals surface area contributed by atoms with Gasteiger partial charge < -0.3 is 14.0 Å². The van der Waals surface area contributed by atoms with E-state index >= 15 is 13.2 Å². The summed E-state index contributed by atoms with van der Waals surface area (Å²) in [5.74, 6) is -23.9. The summed E-state index contributed by atoms with van der Waals surface area (Å²) in [5, 5.41) is -3.82. The molecule has 218 valence electrons. The summed E-state index contributed by atoms with van der Waals surface area (Å²) in [5.41, 5.74) is 0. The smallest absolute Gasteiger partial charge is 0.487 e. The van der Waals surface area contributed by atoms with Crippen LogP contribution in [0.15, 0.2) is 48.5 Å². The minimum absolute atomic E-state index is 0.0371. The first-order valence-electron chi connectivity index (χ1n) is 11.8. The van der Waals surface area contributed by atoms with Crippen LogP contribution in [0.25, 0.3) is 32.3 Å². The predicted molar refractivity (Wildman–Crippen MR) is 130 cm³/mol. The molecule has 0 aromatic heterocycles. The van der Waals surface area contributed by atoms with Crippen LogP contribution in [-0.4, -0.2) is 7.32 Å². The van der Waals surface area contributed by atoms with Gasteiger partial charge in [0, 0.05) is 28.3 Å². The Kier molecular flexibility index (Phi) is 6.62. The van der Waals surface area contributed by atoms with Crippen molar-refractivity contribution in [1.29, 1.82) is 0 Å². The average Bonchev–Trinajstić information content (AvgIpc) is 2.96. The summed E-state index contributed by atoms with van der Waals surface area (Å²) in [6.45, 7) is 0. The lowest BCUT2D eigenvalue weighted by molar-refractivity contribution is 0.275. The molecule has 0 radical (unpaired) electrons. The third-order valence-corrected chi connectivity index (χ3v) is 6.49. The van der Waals surface area contributed by atoms with E-state index in [-0.39, 0.29) is 17.5 Å². The van der Waals surface area contributed by atoms with E-state index in [4.69, 9.17) is 14.0 Å². The molecule has 0 atom stereocenters.